The Labute approximate surface area is 296 Å². The van der Waals surface area contributed by atoms with Crippen LogP contribution in [0.1, 0.15) is 73.4 Å². The Balaban J connectivity index is 1.44. The van der Waals surface area contributed by atoms with Gasteiger partial charge in [0.25, 0.3) is 11.8 Å². The number of nitrogens with two attached hydrogens (primary N) is 1. The molecule has 0 saturated carbocycles. The van der Waals surface area contributed by atoms with Crippen LogP contribution in [0.5, 0.6) is 0 Å². The Kier molecular flexibility index (Phi) is 10.8. The third-order valence-electron chi connectivity index (χ3n) is 9.40. The minimum atomic E-state index is -2.20. The molecule has 0 unspecified atom stereocenters. The van der Waals surface area contributed by atoms with E-state index in [9.17, 15) is 9.59 Å². The molecule has 2 amide bonds. The van der Waals surface area contributed by atoms with Gasteiger partial charge in [0.1, 0.15) is 0 Å². The van der Waals surface area contributed by atoms with Crippen molar-refractivity contribution >= 4 is 43.4 Å². The van der Waals surface area contributed by atoms with Gasteiger partial charge in [-0.05, 0) is 71.6 Å². The number of morpholine rings is 1. The highest BCUT2D eigenvalue weighted by molar-refractivity contribution is 6.74. The van der Waals surface area contributed by atoms with Gasteiger partial charge in [-0.25, -0.2) is 0 Å². The van der Waals surface area contributed by atoms with Gasteiger partial charge in [-0.15, -0.1) is 0 Å². The Bertz CT molecular complexity index is 1830. The summed E-state index contributed by atoms with van der Waals surface area (Å²) in [6.07, 6.45) is 0. The molecule has 1 aliphatic heterocycles. The summed E-state index contributed by atoms with van der Waals surface area (Å²) >= 11 is 0. The average molecular weight is 696 g/mol. The van der Waals surface area contributed by atoms with Crippen LogP contribution >= 0.6 is 0 Å². The minimum absolute atomic E-state index is 0.0246. The number of anilines is 4. The lowest BCUT2D eigenvalue weighted by Gasteiger charge is -2.36. The Hall–Kier alpha value is -4.65. The van der Waals surface area contributed by atoms with E-state index in [2.05, 4.69) is 75.2 Å². The number of nitrogen functional groups attached to an aromatic ring is 1. The van der Waals surface area contributed by atoms with Crippen molar-refractivity contribution in [3.05, 3.63) is 89.0 Å². The van der Waals surface area contributed by atoms with Crippen molar-refractivity contribution < 1.29 is 18.8 Å². The van der Waals surface area contributed by atoms with Crippen molar-refractivity contribution in [1.29, 1.82) is 0 Å². The van der Waals surface area contributed by atoms with Crippen LogP contribution in [0.2, 0.25) is 18.1 Å². The first-order valence-electron chi connectivity index (χ1n) is 17.0. The lowest BCUT2D eigenvalue weighted by molar-refractivity contribution is 0.0303. The number of ether oxygens (including phenoxy) is 1. The second-order valence-corrected chi connectivity index (χ2v) is 19.9. The van der Waals surface area contributed by atoms with Crippen molar-refractivity contribution in [2.24, 2.45) is 0 Å². The summed E-state index contributed by atoms with van der Waals surface area (Å²) in [6, 6.07) is 20.4. The topological polar surface area (TPSA) is 145 Å². The number of rotatable bonds is 9. The van der Waals surface area contributed by atoms with E-state index < -0.39 is 8.32 Å². The zero-order chi connectivity index (χ0) is 36.3. The van der Waals surface area contributed by atoms with E-state index >= 15 is 0 Å². The number of nitrogens with zero attached hydrogens (tertiary/aromatic N) is 4. The summed E-state index contributed by atoms with van der Waals surface area (Å²) in [6.45, 7) is 19.8. The molecule has 0 spiro atoms. The molecular weight excluding hydrogens is 647 g/mol. The molecule has 3 aromatic carbocycles. The lowest BCUT2D eigenvalue weighted by atomic mass is 9.86. The maximum absolute atomic E-state index is 13.6. The van der Waals surface area contributed by atoms with Gasteiger partial charge in [-0.1, -0.05) is 65.8 Å². The molecule has 264 valence electrons. The SMILES string of the molecule is CC(C)(C)c1ccc(C(=O)Nc2cccc(-c3nc(N)nc(Nc4ccc(C(=O)N5CCOCC5)cc4)n3)c2CO[Si](C)(C)C(C)(C)C)cc1. The van der Waals surface area contributed by atoms with Crippen molar-refractivity contribution in [2.75, 3.05) is 42.7 Å². The van der Waals surface area contributed by atoms with E-state index in [4.69, 9.17) is 19.9 Å². The third-order valence-corrected chi connectivity index (χ3v) is 13.9. The fourth-order valence-corrected chi connectivity index (χ4v) is 6.14. The predicted octanol–water partition coefficient (Wildman–Crippen LogP) is 7.41. The van der Waals surface area contributed by atoms with Gasteiger partial charge in [-0.2, -0.15) is 15.0 Å². The molecule has 4 aromatic rings. The molecule has 0 bridgehead atoms. The summed E-state index contributed by atoms with van der Waals surface area (Å²) < 4.78 is 12.1. The quantitative estimate of drug-likeness (QED) is 0.153. The molecular formula is C38H49N7O4Si. The van der Waals surface area contributed by atoms with Crippen molar-refractivity contribution in [3.8, 4) is 11.4 Å². The van der Waals surface area contributed by atoms with E-state index in [1.807, 2.05) is 42.5 Å². The first-order chi connectivity index (χ1) is 23.5. The van der Waals surface area contributed by atoms with Crippen LogP contribution < -0.4 is 16.4 Å². The number of carbonyl (C=O) groups is 2. The monoisotopic (exact) mass is 695 g/mol. The summed E-state index contributed by atoms with van der Waals surface area (Å²) in [5.41, 5.74) is 11.2. The molecule has 1 aliphatic rings. The molecule has 2 heterocycles. The molecule has 0 aliphatic carbocycles. The van der Waals surface area contributed by atoms with Gasteiger partial charge in [0.05, 0.1) is 19.8 Å². The molecule has 4 N–H and O–H groups in total. The van der Waals surface area contributed by atoms with Crippen LogP contribution in [0.15, 0.2) is 66.7 Å². The Morgan fingerprint density at radius 2 is 1.52 bits per heavy atom. The van der Waals surface area contributed by atoms with Gasteiger partial charge in [0, 0.05) is 46.7 Å². The fourth-order valence-electron chi connectivity index (χ4n) is 5.20. The summed E-state index contributed by atoms with van der Waals surface area (Å²) in [7, 11) is -2.20. The number of hydrogen-bond acceptors (Lipinski definition) is 9. The normalized spacial score (nSPS) is 14.0. The molecule has 1 fully saturated rings. The zero-order valence-electron chi connectivity index (χ0n) is 30.4. The van der Waals surface area contributed by atoms with Crippen LogP contribution in [0.3, 0.4) is 0 Å². The second-order valence-electron chi connectivity index (χ2n) is 15.1. The molecule has 12 heteroatoms. The van der Waals surface area contributed by atoms with Gasteiger partial charge >= 0.3 is 0 Å². The number of aromatic nitrogens is 3. The maximum atomic E-state index is 13.6. The minimum Gasteiger partial charge on any atom is -0.412 e. The van der Waals surface area contributed by atoms with Gasteiger partial charge < -0.3 is 30.4 Å². The van der Waals surface area contributed by atoms with Crippen LogP contribution in [-0.2, 0) is 21.2 Å². The molecule has 0 atom stereocenters. The van der Waals surface area contributed by atoms with Gasteiger partial charge in [0.15, 0.2) is 14.1 Å². The van der Waals surface area contributed by atoms with Crippen LogP contribution in [0, 0.1) is 0 Å². The number of hydrogen-bond donors (Lipinski definition) is 3. The van der Waals surface area contributed by atoms with Crippen LogP contribution in [0.4, 0.5) is 23.3 Å². The highest BCUT2D eigenvalue weighted by Crippen LogP contribution is 2.39. The fraction of sp³-hybridized carbons (Fsp3) is 0.395. The first-order valence-corrected chi connectivity index (χ1v) is 19.9. The van der Waals surface area contributed by atoms with E-state index in [0.717, 1.165) is 11.1 Å². The highest BCUT2D eigenvalue weighted by Gasteiger charge is 2.37. The summed E-state index contributed by atoms with van der Waals surface area (Å²) in [5, 5.41) is 6.29. The predicted molar refractivity (Wildman–Crippen MR) is 201 cm³/mol. The highest BCUT2D eigenvalue weighted by atomic mass is 28.4. The molecule has 1 saturated heterocycles. The van der Waals surface area contributed by atoms with Gasteiger partial charge in [-0.3, -0.25) is 9.59 Å². The van der Waals surface area contributed by atoms with Crippen molar-refractivity contribution in [3.63, 3.8) is 0 Å². The second kappa shape index (κ2) is 14.7. The van der Waals surface area contributed by atoms with Crippen LogP contribution in [-0.4, -0.2) is 66.3 Å². The number of benzene rings is 3. The van der Waals surface area contributed by atoms with Crippen molar-refractivity contribution in [1.82, 2.24) is 19.9 Å². The molecule has 1 aromatic heterocycles. The van der Waals surface area contributed by atoms with Crippen LogP contribution in [0.25, 0.3) is 11.4 Å². The summed E-state index contributed by atoms with van der Waals surface area (Å²) in [5.74, 6) is 0.335. The standard InChI is InChI=1S/C38H49N7O4Si/c1-37(2,3)27-16-12-25(13-17-27)33(46)41-31-11-9-10-29(30(31)24-49-50(7,8)38(4,5)6)32-42-35(39)44-36(43-32)40-28-18-14-26(15-19-28)34(47)45-20-22-48-23-21-45/h9-19H,20-24H2,1-8H3,(H,41,46)(H3,39,40,42,43,44). The third kappa shape index (κ3) is 8.73. The number of carbonyl (C=O) groups excluding carboxylic acids is 2. The molecule has 5 rings (SSSR count). The molecule has 50 heavy (non-hydrogen) atoms. The van der Waals surface area contributed by atoms with E-state index in [0.29, 0.717) is 60.2 Å². The van der Waals surface area contributed by atoms with E-state index in [-0.39, 0.29) is 40.8 Å². The zero-order valence-corrected chi connectivity index (χ0v) is 31.4. The van der Waals surface area contributed by atoms with E-state index in [1.54, 1.807) is 29.2 Å². The number of nitrogens with one attached hydrogen (secondary N) is 2. The smallest absolute Gasteiger partial charge is 0.255 e. The first kappa shape index (κ1) is 36.6. The lowest BCUT2D eigenvalue weighted by Crippen LogP contribution is -2.40. The Morgan fingerprint density at radius 3 is 2.14 bits per heavy atom. The van der Waals surface area contributed by atoms with Crippen molar-refractivity contribution in [2.45, 2.75) is 71.7 Å². The summed E-state index contributed by atoms with van der Waals surface area (Å²) in [4.78, 5) is 41.8. The molecule has 11 nitrogen and oxygen atoms in total. The Morgan fingerprint density at radius 1 is 0.880 bits per heavy atom. The van der Waals surface area contributed by atoms with E-state index in [1.165, 1.54) is 0 Å². The maximum Gasteiger partial charge on any atom is 0.255 e. The largest absolute Gasteiger partial charge is 0.412 e. The average Bonchev–Trinajstić information content (AvgIpc) is 3.07. The number of amides is 2. The van der Waals surface area contributed by atoms with Gasteiger partial charge in [0.2, 0.25) is 11.9 Å². The molecule has 0 radical (unpaired) electrons.